The highest BCUT2D eigenvalue weighted by Gasteiger charge is 2.54. The van der Waals surface area contributed by atoms with Crippen molar-refractivity contribution in [3.05, 3.63) is 71.3 Å². The average molecular weight is 406 g/mol. The standard InChI is InChI=1S/C22H22N4O4/c27-18(24-20(29)23-13-15-7-2-1-3-8-15)14-26-19(28)22(25-21(26)30)12-6-10-16-9-4-5-11-17(16)22/h1-5,7-9,11H,6,10,12-14H2,(H,25,30)(H2,23,24,27,29). The number of nitrogens with zero attached hydrogens (tertiary/aromatic N) is 1. The van der Waals surface area contributed by atoms with Gasteiger partial charge < -0.3 is 10.6 Å². The number of hydrogen-bond acceptors (Lipinski definition) is 4. The predicted molar refractivity (Wildman–Crippen MR) is 108 cm³/mol. The summed E-state index contributed by atoms with van der Waals surface area (Å²) in [6, 6.07) is 15.4. The Bertz CT molecular complexity index is 1010. The van der Waals surface area contributed by atoms with Gasteiger partial charge in [0.1, 0.15) is 12.1 Å². The van der Waals surface area contributed by atoms with Gasteiger partial charge in [-0.1, -0.05) is 54.6 Å². The molecule has 4 rings (SSSR count). The lowest BCUT2D eigenvalue weighted by Crippen LogP contribution is -2.48. The SMILES string of the molecule is O=C(CN1C(=O)NC2(CCCc3ccccc32)C1=O)NC(=O)NCc1ccccc1. The Labute approximate surface area is 173 Å². The van der Waals surface area contributed by atoms with Gasteiger partial charge in [0.25, 0.3) is 5.91 Å². The number of urea groups is 2. The molecule has 154 valence electrons. The second kappa shape index (κ2) is 7.98. The van der Waals surface area contributed by atoms with E-state index in [2.05, 4.69) is 16.0 Å². The first-order valence-corrected chi connectivity index (χ1v) is 9.84. The number of rotatable bonds is 4. The predicted octanol–water partition coefficient (Wildman–Crippen LogP) is 1.80. The Morgan fingerprint density at radius 3 is 2.57 bits per heavy atom. The van der Waals surface area contributed by atoms with E-state index in [4.69, 9.17) is 0 Å². The fourth-order valence-electron chi connectivity index (χ4n) is 4.09. The van der Waals surface area contributed by atoms with Crippen molar-refractivity contribution in [3.63, 3.8) is 0 Å². The fourth-order valence-corrected chi connectivity index (χ4v) is 4.09. The van der Waals surface area contributed by atoms with Crippen LogP contribution in [-0.2, 0) is 28.1 Å². The molecule has 1 unspecified atom stereocenters. The molecule has 0 aromatic heterocycles. The van der Waals surface area contributed by atoms with Gasteiger partial charge in [-0.2, -0.15) is 0 Å². The third kappa shape index (κ3) is 3.63. The molecule has 3 N–H and O–H groups in total. The Kier molecular flexibility index (Phi) is 5.22. The summed E-state index contributed by atoms with van der Waals surface area (Å²) in [5.41, 5.74) is 1.54. The third-order valence-electron chi connectivity index (χ3n) is 5.50. The van der Waals surface area contributed by atoms with Gasteiger partial charge in [0.2, 0.25) is 5.91 Å². The molecule has 1 saturated heterocycles. The van der Waals surface area contributed by atoms with E-state index in [1.165, 1.54) is 0 Å². The van der Waals surface area contributed by atoms with Gasteiger partial charge in [0.15, 0.2) is 0 Å². The zero-order chi connectivity index (χ0) is 21.1. The smallest absolute Gasteiger partial charge is 0.325 e. The summed E-state index contributed by atoms with van der Waals surface area (Å²) in [4.78, 5) is 50.8. The first kappa shape index (κ1) is 19.6. The molecule has 2 aromatic rings. The van der Waals surface area contributed by atoms with Crippen molar-refractivity contribution in [2.75, 3.05) is 6.54 Å². The van der Waals surface area contributed by atoms with E-state index in [0.717, 1.165) is 34.4 Å². The summed E-state index contributed by atoms with van der Waals surface area (Å²) in [7, 11) is 0. The van der Waals surface area contributed by atoms with E-state index in [1.54, 1.807) is 0 Å². The van der Waals surface area contributed by atoms with Crippen LogP contribution in [0.1, 0.15) is 29.5 Å². The molecule has 8 heteroatoms. The lowest BCUT2D eigenvalue weighted by molar-refractivity contribution is -0.135. The van der Waals surface area contributed by atoms with Gasteiger partial charge in [0, 0.05) is 6.54 Å². The minimum Gasteiger partial charge on any atom is -0.334 e. The number of aryl methyl sites for hydroxylation is 1. The molecule has 0 saturated carbocycles. The van der Waals surface area contributed by atoms with Crippen molar-refractivity contribution in [2.24, 2.45) is 0 Å². The number of nitrogens with one attached hydrogen (secondary N) is 3. The summed E-state index contributed by atoms with van der Waals surface area (Å²) in [5.74, 6) is -1.19. The zero-order valence-electron chi connectivity index (χ0n) is 16.3. The van der Waals surface area contributed by atoms with Crippen molar-refractivity contribution in [3.8, 4) is 0 Å². The Hall–Kier alpha value is -3.68. The largest absolute Gasteiger partial charge is 0.334 e. The Balaban J connectivity index is 1.39. The van der Waals surface area contributed by atoms with Crippen molar-refractivity contribution in [1.29, 1.82) is 0 Å². The van der Waals surface area contributed by atoms with Crippen LogP contribution >= 0.6 is 0 Å². The number of imide groups is 2. The Morgan fingerprint density at radius 2 is 1.77 bits per heavy atom. The van der Waals surface area contributed by atoms with Crippen LogP contribution in [0.15, 0.2) is 54.6 Å². The summed E-state index contributed by atoms with van der Waals surface area (Å²) >= 11 is 0. The number of fused-ring (bicyclic) bond motifs is 2. The van der Waals surface area contributed by atoms with Crippen LogP contribution in [0.4, 0.5) is 9.59 Å². The molecular formula is C22H22N4O4. The first-order valence-electron chi connectivity index (χ1n) is 9.84. The maximum Gasteiger partial charge on any atom is 0.325 e. The van der Waals surface area contributed by atoms with Crippen LogP contribution in [0, 0.1) is 0 Å². The third-order valence-corrected chi connectivity index (χ3v) is 5.50. The molecule has 1 aliphatic carbocycles. The highest BCUT2D eigenvalue weighted by atomic mass is 16.2. The number of hydrogen-bond donors (Lipinski definition) is 3. The van der Waals surface area contributed by atoms with Gasteiger partial charge in [-0.05, 0) is 36.0 Å². The molecule has 1 fully saturated rings. The molecule has 6 amide bonds. The molecule has 2 aliphatic rings. The van der Waals surface area contributed by atoms with Crippen molar-refractivity contribution in [2.45, 2.75) is 31.3 Å². The van der Waals surface area contributed by atoms with Crippen LogP contribution in [0.5, 0.6) is 0 Å². The molecular weight excluding hydrogens is 384 g/mol. The molecule has 0 bridgehead atoms. The van der Waals surface area contributed by atoms with E-state index in [1.807, 2.05) is 54.6 Å². The zero-order valence-corrected chi connectivity index (χ0v) is 16.3. The van der Waals surface area contributed by atoms with E-state index < -0.39 is 36.0 Å². The van der Waals surface area contributed by atoms with E-state index in [-0.39, 0.29) is 6.54 Å². The highest BCUT2D eigenvalue weighted by molar-refractivity contribution is 6.10. The normalized spacial score (nSPS) is 19.9. The minimum atomic E-state index is -1.14. The van der Waals surface area contributed by atoms with Crippen LogP contribution < -0.4 is 16.0 Å². The Morgan fingerprint density at radius 1 is 1.03 bits per heavy atom. The maximum atomic E-state index is 13.1. The summed E-state index contributed by atoms with van der Waals surface area (Å²) in [6.45, 7) is -0.268. The summed E-state index contributed by atoms with van der Waals surface area (Å²) in [5, 5.41) is 7.53. The second-order valence-corrected chi connectivity index (χ2v) is 7.45. The lowest BCUT2D eigenvalue weighted by atomic mass is 9.76. The van der Waals surface area contributed by atoms with Crippen molar-refractivity contribution >= 4 is 23.9 Å². The fraction of sp³-hybridized carbons (Fsp3) is 0.273. The van der Waals surface area contributed by atoms with Gasteiger partial charge in [-0.25, -0.2) is 9.59 Å². The van der Waals surface area contributed by atoms with E-state index in [9.17, 15) is 19.2 Å². The lowest BCUT2D eigenvalue weighted by Gasteiger charge is -2.33. The number of benzene rings is 2. The molecule has 0 radical (unpaired) electrons. The van der Waals surface area contributed by atoms with Crippen LogP contribution in [-0.4, -0.2) is 35.3 Å². The van der Waals surface area contributed by atoms with Crippen LogP contribution in [0.3, 0.4) is 0 Å². The topological polar surface area (TPSA) is 108 Å². The summed E-state index contributed by atoms with van der Waals surface area (Å²) < 4.78 is 0. The average Bonchev–Trinajstić information content (AvgIpc) is 2.98. The molecule has 8 nitrogen and oxygen atoms in total. The van der Waals surface area contributed by atoms with Gasteiger partial charge in [-0.3, -0.25) is 19.8 Å². The molecule has 30 heavy (non-hydrogen) atoms. The van der Waals surface area contributed by atoms with Crippen molar-refractivity contribution < 1.29 is 19.2 Å². The van der Waals surface area contributed by atoms with E-state index >= 15 is 0 Å². The monoisotopic (exact) mass is 406 g/mol. The molecule has 2 aromatic carbocycles. The summed E-state index contributed by atoms with van der Waals surface area (Å²) in [6.07, 6.45) is 2.07. The number of amides is 6. The minimum absolute atomic E-state index is 0.253. The molecule has 1 heterocycles. The quantitative estimate of drug-likeness (QED) is 0.673. The maximum absolute atomic E-state index is 13.1. The van der Waals surface area contributed by atoms with Crippen LogP contribution in [0.2, 0.25) is 0 Å². The molecule has 1 aliphatic heterocycles. The van der Waals surface area contributed by atoms with Gasteiger partial charge in [0.05, 0.1) is 0 Å². The molecule has 1 spiro atoms. The van der Waals surface area contributed by atoms with Crippen LogP contribution in [0.25, 0.3) is 0 Å². The van der Waals surface area contributed by atoms with Gasteiger partial charge >= 0.3 is 12.1 Å². The van der Waals surface area contributed by atoms with Crippen molar-refractivity contribution in [1.82, 2.24) is 20.9 Å². The highest BCUT2D eigenvalue weighted by Crippen LogP contribution is 2.39. The molecule has 1 atom stereocenters. The van der Waals surface area contributed by atoms with Gasteiger partial charge in [-0.15, -0.1) is 0 Å². The first-order chi connectivity index (χ1) is 14.5. The number of carbonyl (C=O) groups excluding carboxylic acids is 4. The number of carbonyl (C=O) groups is 4. The van der Waals surface area contributed by atoms with E-state index in [0.29, 0.717) is 6.42 Å². The second-order valence-electron chi connectivity index (χ2n) is 7.45.